The lowest BCUT2D eigenvalue weighted by Crippen LogP contribution is -2.20. The first-order valence-electron chi connectivity index (χ1n) is 9.13. The van der Waals surface area contributed by atoms with Crippen LogP contribution in [0, 0.1) is 0 Å². The van der Waals surface area contributed by atoms with Gasteiger partial charge in [-0.05, 0) is 42.5 Å². The second kappa shape index (κ2) is 8.87. The van der Waals surface area contributed by atoms with Crippen molar-refractivity contribution in [2.24, 2.45) is 0 Å². The summed E-state index contributed by atoms with van der Waals surface area (Å²) in [6.45, 7) is -0.176. The normalized spacial score (nSPS) is 10.4. The van der Waals surface area contributed by atoms with Crippen LogP contribution >= 0.6 is 0 Å². The predicted octanol–water partition coefficient (Wildman–Crippen LogP) is 3.82. The van der Waals surface area contributed by atoms with E-state index < -0.39 is 0 Å². The van der Waals surface area contributed by atoms with Gasteiger partial charge in [0, 0.05) is 17.3 Å². The highest BCUT2D eigenvalue weighted by Crippen LogP contribution is 2.32. The Kier molecular flexibility index (Phi) is 5.66. The van der Waals surface area contributed by atoms with Crippen LogP contribution in [0.2, 0.25) is 0 Å². The van der Waals surface area contributed by atoms with Crippen LogP contribution in [0.1, 0.15) is 0 Å². The number of carbonyl (C=O) groups is 1. The van der Waals surface area contributed by atoms with Crippen LogP contribution in [0.3, 0.4) is 0 Å². The van der Waals surface area contributed by atoms with E-state index in [0.717, 1.165) is 5.56 Å². The Morgan fingerprint density at radius 1 is 1.03 bits per heavy atom. The molecule has 2 aromatic carbocycles. The van der Waals surface area contributed by atoms with Crippen LogP contribution in [0.4, 0.5) is 5.69 Å². The van der Waals surface area contributed by atoms with Gasteiger partial charge in [-0.25, -0.2) is 0 Å². The van der Waals surface area contributed by atoms with Crippen molar-refractivity contribution in [1.29, 1.82) is 0 Å². The maximum absolute atomic E-state index is 12.1. The molecule has 2 aromatic heterocycles. The highest BCUT2D eigenvalue weighted by Gasteiger charge is 2.14. The molecule has 8 nitrogen and oxygen atoms in total. The van der Waals surface area contributed by atoms with Gasteiger partial charge in [-0.15, -0.1) is 0 Å². The number of hydrogen-bond donors (Lipinski definition) is 1. The molecule has 0 fully saturated rings. The molecule has 0 radical (unpaired) electrons. The van der Waals surface area contributed by atoms with Crippen molar-refractivity contribution in [2.45, 2.75) is 0 Å². The van der Waals surface area contributed by atoms with Crippen LogP contribution in [-0.2, 0) is 4.79 Å². The summed E-state index contributed by atoms with van der Waals surface area (Å²) in [5.74, 6) is 1.42. The topological polar surface area (TPSA) is 99.4 Å². The molecule has 0 aliphatic rings. The van der Waals surface area contributed by atoms with E-state index in [-0.39, 0.29) is 12.5 Å². The Morgan fingerprint density at radius 3 is 2.67 bits per heavy atom. The summed E-state index contributed by atoms with van der Waals surface area (Å²) < 4.78 is 16.4. The Labute approximate surface area is 172 Å². The van der Waals surface area contributed by atoms with E-state index in [4.69, 9.17) is 14.0 Å². The van der Waals surface area contributed by atoms with Gasteiger partial charge in [0.05, 0.1) is 19.0 Å². The number of amides is 1. The zero-order valence-electron chi connectivity index (χ0n) is 16.1. The van der Waals surface area contributed by atoms with Gasteiger partial charge in [0.1, 0.15) is 0 Å². The lowest BCUT2D eigenvalue weighted by Gasteiger charge is -2.11. The van der Waals surface area contributed by atoms with Crippen molar-refractivity contribution in [3.05, 3.63) is 73.1 Å². The third kappa shape index (κ3) is 4.44. The molecule has 4 rings (SSSR count). The first kappa shape index (κ1) is 19.1. The molecule has 0 aliphatic heterocycles. The number of anilines is 1. The third-order valence-corrected chi connectivity index (χ3v) is 4.17. The van der Waals surface area contributed by atoms with Gasteiger partial charge in [0.2, 0.25) is 5.82 Å². The second-order valence-electron chi connectivity index (χ2n) is 6.23. The van der Waals surface area contributed by atoms with Gasteiger partial charge < -0.3 is 19.3 Å². The molecule has 2 heterocycles. The van der Waals surface area contributed by atoms with Crippen molar-refractivity contribution >= 4 is 11.6 Å². The Hall–Kier alpha value is -4.20. The molecule has 30 heavy (non-hydrogen) atoms. The number of nitrogens with one attached hydrogen (secondary N) is 1. The van der Waals surface area contributed by atoms with Crippen LogP contribution in [-0.4, -0.2) is 34.7 Å². The van der Waals surface area contributed by atoms with E-state index in [0.29, 0.717) is 34.5 Å². The summed E-state index contributed by atoms with van der Waals surface area (Å²) >= 11 is 0. The number of rotatable bonds is 7. The average molecular weight is 402 g/mol. The molecule has 1 N–H and O–H groups in total. The quantitative estimate of drug-likeness (QED) is 0.501. The molecule has 4 aromatic rings. The van der Waals surface area contributed by atoms with Gasteiger partial charge in [-0.3, -0.25) is 9.78 Å². The fourth-order valence-corrected chi connectivity index (χ4v) is 2.74. The average Bonchev–Trinajstić information content (AvgIpc) is 3.29. The molecule has 0 unspecified atom stereocenters. The molecule has 1 amide bonds. The minimum Gasteiger partial charge on any atom is -0.493 e. The molecule has 0 aliphatic carbocycles. The number of nitrogens with zero attached hydrogens (tertiary/aromatic N) is 3. The van der Waals surface area contributed by atoms with Crippen molar-refractivity contribution in [1.82, 2.24) is 15.1 Å². The molecule has 150 valence electrons. The van der Waals surface area contributed by atoms with Crippen LogP contribution in [0.5, 0.6) is 11.5 Å². The number of pyridine rings is 1. The lowest BCUT2D eigenvalue weighted by molar-refractivity contribution is -0.118. The summed E-state index contributed by atoms with van der Waals surface area (Å²) in [5.41, 5.74) is 2.13. The number of methoxy groups -OCH3 is 1. The minimum absolute atomic E-state index is 0.176. The number of aromatic nitrogens is 3. The number of hydrogen-bond acceptors (Lipinski definition) is 7. The third-order valence-electron chi connectivity index (χ3n) is 4.17. The molecular weight excluding hydrogens is 384 g/mol. The van der Waals surface area contributed by atoms with Crippen molar-refractivity contribution in [3.63, 3.8) is 0 Å². The molecule has 0 spiro atoms. The van der Waals surface area contributed by atoms with Gasteiger partial charge in [0.15, 0.2) is 18.1 Å². The lowest BCUT2D eigenvalue weighted by atomic mass is 10.2. The van der Waals surface area contributed by atoms with E-state index in [1.54, 1.807) is 42.7 Å². The van der Waals surface area contributed by atoms with E-state index in [1.807, 2.05) is 30.3 Å². The predicted molar refractivity (Wildman–Crippen MR) is 110 cm³/mol. The number of carbonyl (C=O) groups excluding carboxylic acids is 1. The fourth-order valence-electron chi connectivity index (χ4n) is 2.74. The van der Waals surface area contributed by atoms with Crippen LogP contribution < -0.4 is 14.8 Å². The Morgan fingerprint density at radius 2 is 1.90 bits per heavy atom. The highest BCUT2D eigenvalue weighted by atomic mass is 16.5. The SMILES string of the molecule is COc1cc(-c2noc(-c3ccccc3)n2)ccc1OCC(=O)Nc1cccnc1. The summed E-state index contributed by atoms with van der Waals surface area (Å²) in [4.78, 5) is 20.5. The monoisotopic (exact) mass is 402 g/mol. The largest absolute Gasteiger partial charge is 0.493 e. The van der Waals surface area contributed by atoms with E-state index >= 15 is 0 Å². The summed E-state index contributed by atoms with van der Waals surface area (Å²) in [6, 6.07) is 18.2. The molecule has 0 bridgehead atoms. The fraction of sp³-hybridized carbons (Fsp3) is 0.0909. The Bertz CT molecular complexity index is 1130. The standard InChI is InChI=1S/C22H18N4O4/c1-28-19-12-16(21-25-22(30-26-21)15-6-3-2-4-7-15)9-10-18(19)29-14-20(27)24-17-8-5-11-23-13-17/h2-13H,14H2,1H3,(H,24,27). The summed E-state index contributed by atoms with van der Waals surface area (Å²) in [5, 5.41) is 6.74. The van der Waals surface area contributed by atoms with E-state index in [1.165, 1.54) is 7.11 Å². The second-order valence-corrected chi connectivity index (χ2v) is 6.23. The van der Waals surface area contributed by atoms with Gasteiger partial charge in [0.25, 0.3) is 11.8 Å². The van der Waals surface area contributed by atoms with Crippen molar-refractivity contribution in [3.8, 4) is 34.3 Å². The zero-order valence-corrected chi connectivity index (χ0v) is 16.1. The molecular formula is C22H18N4O4. The molecule has 0 saturated carbocycles. The number of benzene rings is 2. The van der Waals surface area contributed by atoms with Crippen LogP contribution in [0.15, 0.2) is 77.6 Å². The zero-order chi connectivity index (χ0) is 20.8. The maximum atomic E-state index is 12.1. The van der Waals surface area contributed by atoms with Crippen molar-refractivity contribution in [2.75, 3.05) is 19.0 Å². The first-order chi connectivity index (χ1) is 14.7. The van der Waals surface area contributed by atoms with Gasteiger partial charge in [-0.1, -0.05) is 23.4 Å². The molecule has 0 saturated heterocycles. The molecule has 8 heteroatoms. The first-order valence-corrected chi connectivity index (χ1v) is 9.13. The summed E-state index contributed by atoms with van der Waals surface area (Å²) in [6.07, 6.45) is 3.19. The molecule has 0 atom stereocenters. The highest BCUT2D eigenvalue weighted by molar-refractivity contribution is 5.91. The Balaban J connectivity index is 1.45. The number of ether oxygens (including phenoxy) is 2. The smallest absolute Gasteiger partial charge is 0.262 e. The summed E-state index contributed by atoms with van der Waals surface area (Å²) in [7, 11) is 1.52. The minimum atomic E-state index is -0.306. The van der Waals surface area contributed by atoms with E-state index in [9.17, 15) is 4.79 Å². The van der Waals surface area contributed by atoms with Gasteiger partial charge in [-0.2, -0.15) is 4.98 Å². The van der Waals surface area contributed by atoms with E-state index in [2.05, 4.69) is 20.4 Å². The van der Waals surface area contributed by atoms with Crippen molar-refractivity contribution < 1.29 is 18.8 Å². The maximum Gasteiger partial charge on any atom is 0.262 e. The van der Waals surface area contributed by atoms with Gasteiger partial charge >= 0.3 is 0 Å². The van der Waals surface area contributed by atoms with Crippen LogP contribution in [0.25, 0.3) is 22.8 Å².